The second kappa shape index (κ2) is 8.28. The quantitative estimate of drug-likeness (QED) is 0.437. The van der Waals surface area contributed by atoms with Gasteiger partial charge in [-0.25, -0.2) is 19.2 Å². The molecule has 152 valence electrons. The summed E-state index contributed by atoms with van der Waals surface area (Å²) in [6.07, 6.45) is 8.22. The number of H-pyrrole nitrogens is 1. The van der Waals surface area contributed by atoms with Crippen LogP contribution in [0.4, 0.5) is 4.39 Å². The summed E-state index contributed by atoms with van der Waals surface area (Å²) in [5, 5.41) is 17.5. The average molecular weight is 405 g/mol. The van der Waals surface area contributed by atoms with Crippen molar-refractivity contribution in [1.29, 1.82) is 5.41 Å². The molecule has 1 aliphatic heterocycles. The summed E-state index contributed by atoms with van der Waals surface area (Å²) in [6, 6.07) is 9.68. The monoisotopic (exact) mass is 405 g/mol. The highest BCUT2D eigenvalue weighted by Gasteiger charge is 2.27. The van der Waals surface area contributed by atoms with Crippen LogP contribution in [0.3, 0.4) is 0 Å². The Morgan fingerprint density at radius 3 is 2.97 bits per heavy atom. The fourth-order valence-electron chi connectivity index (χ4n) is 3.65. The van der Waals surface area contributed by atoms with Crippen LogP contribution in [0.15, 0.2) is 54.9 Å². The Hall–Kier alpha value is -3.81. The van der Waals surface area contributed by atoms with Gasteiger partial charge >= 0.3 is 5.97 Å². The number of aromatic amines is 1. The number of imidazole rings is 1. The Morgan fingerprint density at radius 2 is 2.17 bits per heavy atom. The first kappa shape index (κ1) is 19.5. The standard InChI is InChI=1S/C22H20FN5O2/c23-16-4-1-3-15(11-16)19-5-2-10-28(19)20(24)6-7-21-26-13-18(27-21)14-8-9-25-17(12-14)22(29)30/h1,3-4,6-9,11-13,19,24H,2,5,10H2,(H,26,27)(H,29,30)/b7-6-,24-20?. The SMILES string of the molecule is N=C(/C=C\c1ncc(-c2ccnc(C(=O)O)c2)[nH]1)N1CCCC1c1cccc(F)c1. The van der Waals surface area contributed by atoms with Crippen molar-refractivity contribution in [3.05, 3.63) is 77.8 Å². The van der Waals surface area contributed by atoms with Crippen LogP contribution in [0.1, 0.15) is 40.8 Å². The maximum atomic E-state index is 13.6. The van der Waals surface area contributed by atoms with E-state index in [9.17, 15) is 9.18 Å². The molecule has 0 spiro atoms. The Morgan fingerprint density at radius 1 is 1.30 bits per heavy atom. The van der Waals surface area contributed by atoms with Crippen molar-refractivity contribution in [2.24, 2.45) is 0 Å². The van der Waals surface area contributed by atoms with Crippen molar-refractivity contribution in [2.45, 2.75) is 18.9 Å². The number of hydrogen-bond donors (Lipinski definition) is 3. The summed E-state index contributed by atoms with van der Waals surface area (Å²) in [5.74, 6) is -0.489. The van der Waals surface area contributed by atoms with Crippen molar-refractivity contribution in [3.63, 3.8) is 0 Å². The molecule has 0 amide bonds. The van der Waals surface area contributed by atoms with Crippen molar-refractivity contribution in [2.75, 3.05) is 6.54 Å². The Labute approximate surface area is 172 Å². The van der Waals surface area contributed by atoms with Crippen molar-refractivity contribution < 1.29 is 14.3 Å². The molecular formula is C22H20FN5O2. The van der Waals surface area contributed by atoms with Crippen LogP contribution in [0.5, 0.6) is 0 Å². The van der Waals surface area contributed by atoms with Crippen LogP contribution in [0.25, 0.3) is 17.3 Å². The number of carboxylic acids is 1. The van der Waals surface area contributed by atoms with E-state index in [0.717, 1.165) is 24.9 Å². The number of benzene rings is 1. The summed E-state index contributed by atoms with van der Waals surface area (Å²) in [5.41, 5.74) is 2.15. The number of rotatable bonds is 5. The van der Waals surface area contributed by atoms with Crippen LogP contribution in [0, 0.1) is 11.2 Å². The van der Waals surface area contributed by atoms with E-state index in [4.69, 9.17) is 10.5 Å². The molecule has 7 nitrogen and oxygen atoms in total. The Kier molecular flexibility index (Phi) is 5.38. The number of carboxylic acid groups (broad SMARTS) is 1. The molecule has 0 radical (unpaired) electrons. The zero-order chi connectivity index (χ0) is 21.1. The maximum Gasteiger partial charge on any atom is 0.354 e. The molecule has 1 unspecified atom stereocenters. The molecule has 8 heteroatoms. The molecule has 0 bridgehead atoms. The molecule has 1 fully saturated rings. The lowest BCUT2D eigenvalue weighted by Gasteiger charge is -2.26. The van der Waals surface area contributed by atoms with Gasteiger partial charge in [-0.2, -0.15) is 0 Å². The van der Waals surface area contributed by atoms with E-state index < -0.39 is 5.97 Å². The zero-order valence-corrected chi connectivity index (χ0v) is 16.0. The highest BCUT2D eigenvalue weighted by atomic mass is 19.1. The lowest BCUT2D eigenvalue weighted by atomic mass is 10.0. The molecular weight excluding hydrogens is 385 g/mol. The van der Waals surface area contributed by atoms with Gasteiger partial charge in [0.05, 0.1) is 17.9 Å². The number of amidine groups is 1. The molecule has 1 atom stereocenters. The number of halogens is 1. The molecule has 1 aliphatic rings. The fraction of sp³-hybridized carbons (Fsp3) is 0.182. The molecule has 2 aromatic heterocycles. The predicted molar refractivity (Wildman–Crippen MR) is 111 cm³/mol. The van der Waals surface area contributed by atoms with Crippen LogP contribution < -0.4 is 0 Å². The second-order valence-electron chi connectivity index (χ2n) is 7.04. The average Bonchev–Trinajstić information content (AvgIpc) is 3.42. The molecule has 4 rings (SSSR count). The molecule has 30 heavy (non-hydrogen) atoms. The molecule has 3 heterocycles. The minimum Gasteiger partial charge on any atom is -0.477 e. The maximum absolute atomic E-state index is 13.6. The lowest BCUT2D eigenvalue weighted by Crippen LogP contribution is -2.28. The number of aromatic nitrogens is 3. The van der Waals surface area contributed by atoms with Crippen molar-refractivity contribution >= 4 is 17.9 Å². The third-order valence-corrected chi connectivity index (χ3v) is 5.08. The normalized spacial score (nSPS) is 16.3. The van der Waals surface area contributed by atoms with E-state index in [0.29, 0.717) is 22.9 Å². The van der Waals surface area contributed by atoms with E-state index in [1.165, 1.54) is 24.4 Å². The molecule has 3 aromatic rings. The van der Waals surface area contributed by atoms with Crippen molar-refractivity contribution in [1.82, 2.24) is 19.9 Å². The topological polar surface area (TPSA) is 106 Å². The Balaban J connectivity index is 1.48. The number of likely N-dealkylation sites (tertiary alicyclic amines) is 1. The summed E-state index contributed by atoms with van der Waals surface area (Å²) < 4.78 is 13.6. The predicted octanol–water partition coefficient (Wildman–Crippen LogP) is 4.14. The van der Waals surface area contributed by atoms with Gasteiger partial charge in [0.1, 0.15) is 23.2 Å². The van der Waals surface area contributed by atoms with E-state index in [1.54, 1.807) is 30.5 Å². The molecule has 1 saturated heterocycles. The van der Waals surface area contributed by atoms with Gasteiger partial charge in [0.25, 0.3) is 0 Å². The minimum absolute atomic E-state index is 0.0173. The Bertz CT molecular complexity index is 1120. The zero-order valence-electron chi connectivity index (χ0n) is 16.0. The van der Waals surface area contributed by atoms with Crippen LogP contribution >= 0.6 is 0 Å². The minimum atomic E-state index is -1.09. The first-order chi connectivity index (χ1) is 14.5. The number of aromatic carboxylic acids is 1. The number of nitrogens with one attached hydrogen (secondary N) is 2. The summed E-state index contributed by atoms with van der Waals surface area (Å²) in [4.78, 5) is 24.2. The summed E-state index contributed by atoms with van der Waals surface area (Å²) in [6.45, 7) is 0.739. The first-order valence-electron chi connectivity index (χ1n) is 9.55. The fourth-order valence-corrected chi connectivity index (χ4v) is 3.65. The van der Waals surface area contributed by atoms with Crippen molar-refractivity contribution in [3.8, 4) is 11.3 Å². The molecule has 0 saturated carbocycles. The molecule has 3 N–H and O–H groups in total. The van der Waals surface area contributed by atoms with Gasteiger partial charge in [0.15, 0.2) is 0 Å². The van der Waals surface area contributed by atoms with Gasteiger partial charge in [0, 0.05) is 18.3 Å². The summed E-state index contributed by atoms with van der Waals surface area (Å²) in [7, 11) is 0. The third-order valence-electron chi connectivity index (χ3n) is 5.08. The molecule has 0 aliphatic carbocycles. The van der Waals surface area contributed by atoms with Gasteiger partial charge in [-0.05, 0) is 54.8 Å². The van der Waals surface area contributed by atoms with Crippen LogP contribution in [0.2, 0.25) is 0 Å². The van der Waals surface area contributed by atoms with E-state index in [1.807, 2.05) is 11.0 Å². The lowest BCUT2D eigenvalue weighted by molar-refractivity contribution is 0.0690. The second-order valence-corrected chi connectivity index (χ2v) is 7.04. The largest absolute Gasteiger partial charge is 0.477 e. The highest BCUT2D eigenvalue weighted by Crippen LogP contribution is 2.32. The van der Waals surface area contributed by atoms with E-state index in [2.05, 4.69) is 15.0 Å². The number of pyridine rings is 1. The highest BCUT2D eigenvalue weighted by molar-refractivity contribution is 5.94. The molecule has 1 aromatic carbocycles. The third kappa shape index (κ3) is 4.12. The first-order valence-corrected chi connectivity index (χ1v) is 9.55. The smallest absolute Gasteiger partial charge is 0.354 e. The van der Waals surface area contributed by atoms with Gasteiger partial charge in [-0.3, -0.25) is 5.41 Å². The summed E-state index contributed by atoms with van der Waals surface area (Å²) >= 11 is 0. The van der Waals surface area contributed by atoms with Gasteiger partial charge < -0.3 is 15.0 Å². The van der Waals surface area contributed by atoms with Crippen LogP contribution in [-0.4, -0.2) is 43.3 Å². The van der Waals surface area contributed by atoms with Gasteiger partial charge in [-0.1, -0.05) is 12.1 Å². The van der Waals surface area contributed by atoms with Gasteiger partial charge in [0.2, 0.25) is 0 Å². The number of nitrogens with zero attached hydrogens (tertiary/aromatic N) is 3. The van der Waals surface area contributed by atoms with Gasteiger partial charge in [-0.15, -0.1) is 0 Å². The number of carbonyl (C=O) groups is 1. The number of hydrogen-bond acceptors (Lipinski definition) is 4. The van der Waals surface area contributed by atoms with Crippen LogP contribution in [-0.2, 0) is 0 Å². The van der Waals surface area contributed by atoms with E-state index in [-0.39, 0.29) is 17.6 Å². The van der Waals surface area contributed by atoms with E-state index >= 15 is 0 Å².